The average Bonchev–Trinajstić information content (AvgIpc) is 3.00. The smallest absolute Gasteiger partial charge is 0.185 e. The van der Waals surface area contributed by atoms with Crippen LogP contribution in [-0.4, -0.2) is 21.5 Å². The van der Waals surface area contributed by atoms with Crippen molar-refractivity contribution in [2.75, 3.05) is 0 Å². The van der Waals surface area contributed by atoms with Crippen LogP contribution < -0.4 is 15.4 Å². The molecule has 1 aromatic carbocycles. The molecule has 2 atom stereocenters. The van der Waals surface area contributed by atoms with Gasteiger partial charge in [-0.25, -0.2) is 0 Å². The molecule has 2 aromatic rings. The summed E-state index contributed by atoms with van der Waals surface area (Å²) in [6.07, 6.45) is 1.48. The van der Waals surface area contributed by atoms with E-state index in [4.69, 9.17) is 28.6 Å². The normalized spacial score (nSPS) is 27.2. The van der Waals surface area contributed by atoms with Gasteiger partial charge in [0.1, 0.15) is 11.5 Å². The second-order valence-electron chi connectivity index (χ2n) is 7.35. The Bertz CT molecular complexity index is 838. The topological polar surface area (TPSA) is 53.5 Å². The number of thiophene rings is 1. The van der Waals surface area contributed by atoms with Gasteiger partial charge in [0.25, 0.3) is 0 Å². The number of benzene rings is 1. The van der Waals surface area contributed by atoms with Crippen LogP contribution in [0.25, 0.3) is 0 Å². The highest BCUT2D eigenvalue weighted by molar-refractivity contribution is 7.80. The molecule has 0 unspecified atom stereocenters. The Hall–Kier alpha value is -1.50. The Balaban J connectivity index is 1.83. The van der Waals surface area contributed by atoms with Crippen molar-refractivity contribution < 1.29 is 9.84 Å². The number of aromatic hydroxyl groups is 1. The summed E-state index contributed by atoms with van der Waals surface area (Å²) < 4.78 is 6.38. The van der Waals surface area contributed by atoms with Crippen LogP contribution in [0.15, 0.2) is 29.6 Å². The van der Waals surface area contributed by atoms with Gasteiger partial charge >= 0.3 is 0 Å². The number of hydrogen-bond donors (Lipinski definition) is 3. The largest absolute Gasteiger partial charge is 0.506 e. The zero-order valence-corrected chi connectivity index (χ0v) is 16.3. The van der Waals surface area contributed by atoms with Gasteiger partial charge in [-0.15, -0.1) is 11.3 Å². The SMILES string of the molecule is CC1(C)C[C@]2(C[C@H](c3cccs3)c3cc(Cl)c(O)cc3O2)NC(=S)N1. The molecule has 7 heteroatoms. The molecule has 0 radical (unpaired) electrons. The molecule has 1 fully saturated rings. The van der Waals surface area contributed by atoms with Crippen LogP contribution in [0.1, 0.15) is 43.0 Å². The fourth-order valence-corrected chi connectivity index (χ4v) is 5.37. The summed E-state index contributed by atoms with van der Waals surface area (Å²) in [4.78, 5) is 1.25. The summed E-state index contributed by atoms with van der Waals surface area (Å²) in [5.74, 6) is 0.809. The molecule has 25 heavy (non-hydrogen) atoms. The molecule has 2 aliphatic heterocycles. The lowest BCUT2D eigenvalue weighted by atomic mass is 9.79. The van der Waals surface area contributed by atoms with Crippen molar-refractivity contribution >= 4 is 40.3 Å². The van der Waals surface area contributed by atoms with E-state index >= 15 is 0 Å². The molecule has 132 valence electrons. The third-order valence-electron chi connectivity index (χ3n) is 4.70. The van der Waals surface area contributed by atoms with Crippen LogP contribution in [0.3, 0.4) is 0 Å². The van der Waals surface area contributed by atoms with E-state index in [-0.39, 0.29) is 17.2 Å². The monoisotopic (exact) mass is 394 g/mol. The summed E-state index contributed by atoms with van der Waals surface area (Å²) in [5.41, 5.74) is 0.196. The predicted octanol–water partition coefficient (Wildman–Crippen LogP) is 4.36. The molecule has 1 saturated heterocycles. The zero-order valence-electron chi connectivity index (χ0n) is 13.9. The molecule has 0 amide bonds. The molecule has 0 aliphatic carbocycles. The van der Waals surface area contributed by atoms with E-state index in [1.165, 1.54) is 4.88 Å². The van der Waals surface area contributed by atoms with Gasteiger partial charge in [0.2, 0.25) is 0 Å². The van der Waals surface area contributed by atoms with E-state index < -0.39 is 5.72 Å². The molecule has 3 heterocycles. The Kier molecular flexibility index (Phi) is 3.90. The molecule has 0 bridgehead atoms. The van der Waals surface area contributed by atoms with Gasteiger partial charge in [-0.2, -0.15) is 0 Å². The second-order valence-corrected chi connectivity index (χ2v) is 9.14. The number of thiocarbonyl (C=S) groups is 1. The first-order chi connectivity index (χ1) is 11.8. The molecule has 1 aromatic heterocycles. The first kappa shape index (κ1) is 16.9. The van der Waals surface area contributed by atoms with Crippen molar-refractivity contribution in [1.29, 1.82) is 0 Å². The molecule has 1 spiro atoms. The van der Waals surface area contributed by atoms with Gasteiger partial charge < -0.3 is 20.5 Å². The highest BCUT2D eigenvalue weighted by Crippen LogP contribution is 2.49. The first-order valence-corrected chi connectivity index (χ1v) is 9.79. The van der Waals surface area contributed by atoms with Crippen LogP contribution in [0.4, 0.5) is 0 Å². The number of ether oxygens (including phenoxy) is 1. The second kappa shape index (κ2) is 5.76. The van der Waals surface area contributed by atoms with Gasteiger partial charge in [0, 0.05) is 40.8 Å². The van der Waals surface area contributed by atoms with E-state index in [1.54, 1.807) is 17.4 Å². The van der Waals surface area contributed by atoms with E-state index in [2.05, 4.69) is 35.9 Å². The summed E-state index contributed by atoms with van der Waals surface area (Å²) in [7, 11) is 0. The summed E-state index contributed by atoms with van der Waals surface area (Å²) in [6.45, 7) is 4.22. The highest BCUT2D eigenvalue weighted by Gasteiger charge is 2.49. The fourth-order valence-electron chi connectivity index (χ4n) is 3.89. The number of nitrogens with one attached hydrogen (secondary N) is 2. The molecule has 3 N–H and O–H groups in total. The fraction of sp³-hybridized carbons (Fsp3) is 0.389. The Morgan fingerprint density at radius 3 is 2.84 bits per heavy atom. The van der Waals surface area contributed by atoms with Crippen molar-refractivity contribution in [3.8, 4) is 11.5 Å². The molecule has 0 saturated carbocycles. The zero-order chi connectivity index (χ0) is 17.8. The lowest BCUT2D eigenvalue weighted by Crippen LogP contribution is -2.69. The molecular formula is C18H19ClN2O2S2. The van der Waals surface area contributed by atoms with Crippen LogP contribution >= 0.6 is 35.2 Å². The minimum Gasteiger partial charge on any atom is -0.506 e. The van der Waals surface area contributed by atoms with Crippen molar-refractivity contribution in [2.24, 2.45) is 0 Å². The summed E-state index contributed by atoms with van der Waals surface area (Å²) in [6, 6.07) is 7.60. The predicted molar refractivity (Wildman–Crippen MR) is 105 cm³/mol. The third-order valence-corrected chi connectivity index (χ3v) is 6.19. The number of phenolic OH excluding ortho intramolecular Hbond substituents is 1. The van der Waals surface area contributed by atoms with Crippen molar-refractivity contribution in [3.05, 3.63) is 45.1 Å². The number of halogens is 1. The number of hydrogen-bond acceptors (Lipinski definition) is 4. The van der Waals surface area contributed by atoms with Gasteiger partial charge in [0.05, 0.1) is 5.02 Å². The molecule has 4 nitrogen and oxygen atoms in total. The molecule has 4 rings (SSSR count). The van der Waals surface area contributed by atoms with Crippen LogP contribution in [0.5, 0.6) is 11.5 Å². The summed E-state index contributed by atoms with van der Waals surface area (Å²) in [5, 5.41) is 19.7. The van der Waals surface area contributed by atoms with Crippen molar-refractivity contribution in [3.63, 3.8) is 0 Å². The van der Waals surface area contributed by atoms with Gasteiger partial charge in [-0.3, -0.25) is 0 Å². The maximum atomic E-state index is 10.1. The van der Waals surface area contributed by atoms with Gasteiger partial charge in [-0.1, -0.05) is 17.7 Å². The van der Waals surface area contributed by atoms with Crippen LogP contribution in [0.2, 0.25) is 5.02 Å². The van der Waals surface area contributed by atoms with Crippen LogP contribution in [-0.2, 0) is 0 Å². The van der Waals surface area contributed by atoms with Gasteiger partial charge in [-0.05, 0) is 43.6 Å². The number of fused-ring (bicyclic) bond motifs is 1. The number of rotatable bonds is 1. The Morgan fingerprint density at radius 2 is 2.16 bits per heavy atom. The van der Waals surface area contributed by atoms with Crippen molar-refractivity contribution in [1.82, 2.24) is 10.6 Å². The highest BCUT2D eigenvalue weighted by atomic mass is 35.5. The Morgan fingerprint density at radius 1 is 1.36 bits per heavy atom. The van der Waals surface area contributed by atoms with Gasteiger partial charge in [0.15, 0.2) is 10.8 Å². The standard InChI is InChI=1S/C18H19ClN2O2S2/c1-17(2)9-18(21-16(24)20-17)8-11(15-4-3-5-25-15)10-6-12(19)13(22)7-14(10)23-18/h3-7,11,22H,8-9H2,1-2H3,(H2,20,21,24)/t11-,18+/m0/s1. The summed E-state index contributed by atoms with van der Waals surface area (Å²) >= 11 is 13.3. The third kappa shape index (κ3) is 3.07. The van der Waals surface area contributed by atoms with E-state index in [9.17, 15) is 5.11 Å². The average molecular weight is 395 g/mol. The van der Waals surface area contributed by atoms with E-state index in [0.717, 1.165) is 18.4 Å². The first-order valence-electron chi connectivity index (χ1n) is 8.12. The lowest BCUT2D eigenvalue weighted by Gasteiger charge is -2.50. The molecular weight excluding hydrogens is 376 g/mol. The number of phenols is 1. The van der Waals surface area contributed by atoms with Crippen molar-refractivity contribution in [2.45, 2.75) is 43.9 Å². The van der Waals surface area contributed by atoms with E-state index in [1.807, 2.05) is 12.1 Å². The molecule has 2 aliphatic rings. The quantitative estimate of drug-likeness (QED) is 0.627. The lowest BCUT2D eigenvalue weighted by molar-refractivity contribution is -0.0125. The minimum atomic E-state index is -0.617. The maximum absolute atomic E-state index is 10.1. The minimum absolute atomic E-state index is 0.0261. The Labute approximate surface area is 161 Å². The van der Waals surface area contributed by atoms with Crippen LogP contribution in [0, 0.1) is 0 Å². The maximum Gasteiger partial charge on any atom is 0.185 e. The van der Waals surface area contributed by atoms with E-state index in [0.29, 0.717) is 15.9 Å².